The molecule has 4 nitrogen and oxygen atoms in total. The fourth-order valence-electron chi connectivity index (χ4n) is 2.54. The SMILES string of the molecule is Cc1ccc(-c2cc(C(F)(F)F)nc(Nc3nc4ccccc4s3)n2)cc1. The molecule has 1 N–H and O–H groups in total. The van der Waals surface area contributed by atoms with E-state index in [4.69, 9.17) is 0 Å². The average molecular weight is 386 g/mol. The number of hydrogen-bond donors (Lipinski definition) is 1. The number of fused-ring (bicyclic) bond motifs is 1. The predicted molar refractivity (Wildman–Crippen MR) is 100 cm³/mol. The molecular weight excluding hydrogens is 373 g/mol. The van der Waals surface area contributed by atoms with Crippen molar-refractivity contribution < 1.29 is 13.2 Å². The molecule has 136 valence electrons. The monoisotopic (exact) mass is 386 g/mol. The van der Waals surface area contributed by atoms with Crippen LogP contribution in [0.15, 0.2) is 54.6 Å². The number of benzene rings is 2. The van der Waals surface area contributed by atoms with E-state index in [1.54, 1.807) is 12.1 Å². The van der Waals surface area contributed by atoms with Gasteiger partial charge in [-0.15, -0.1) is 0 Å². The van der Waals surface area contributed by atoms with E-state index < -0.39 is 11.9 Å². The zero-order valence-corrected chi connectivity index (χ0v) is 14.9. The van der Waals surface area contributed by atoms with E-state index in [-0.39, 0.29) is 11.6 Å². The molecule has 0 spiro atoms. The standard InChI is InChI=1S/C19H13F3N4S/c1-11-6-8-12(9-7-11)14-10-16(19(20,21)22)25-17(23-14)26-18-24-13-4-2-3-5-15(13)27-18/h2-10H,1H3,(H,23,24,25,26). The second-order valence-corrected chi connectivity index (χ2v) is 6.97. The smallest absolute Gasteiger partial charge is 0.300 e. The van der Waals surface area contributed by atoms with E-state index in [9.17, 15) is 13.2 Å². The van der Waals surface area contributed by atoms with Crippen LogP contribution in [-0.2, 0) is 6.18 Å². The molecule has 0 amide bonds. The molecule has 0 radical (unpaired) electrons. The number of aryl methyl sites for hydroxylation is 1. The van der Waals surface area contributed by atoms with Crippen LogP contribution in [0, 0.1) is 6.92 Å². The van der Waals surface area contributed by atoms with Crippen LogP contribution in [0.5, 0.6) is 0 Å². The predicted octanol–water partition coefficient (Wildman–Crippen LogP) is 5.82. The number of nitrogens with one attached hydrogen (secondary N) is 1. The second-order valence-electron chi connectivity index (χ2n) is 5.94. The zero-order chi connectivity index (χ0) is 19.0. The van der Waals surface area contributed by atoms with E-state index in [0.717, 1.165) is 21.8 Å². The first-order valence-corrected chi connectivity index (χ1v) is 8.86. The first-order chi connectivity index (χ1) is 12.9. The molecule has 0 aliphatic carbocycles. The van der Waals surface area contributed by atoms with Crippen LogP contribution in [-0.4, -0.2) is 15.0 Å². The molecule has 0 aliphatic rings. The molecule has 27 heavy (non-hydrogen) atoms. The number of thiazole rings is 1. The summed E-state index contributed by atoms with van der Waals surface area (Å²) in [6.45, 7) is 1.91. The topological polar surface area (TPSA) is 50.7 Å². The number of nitrogens with zero attached hydrogens (tertiary/aromatic N) is 3. The van der Waals surface area contributed by atoms with Crippen LogP contribution in [0.3, 0.4) is 0 Å². The Kier molecular flexibility index (Phi) is 4.27. The number of anilines is 2. The minimum atomic E-state index is -4.58. The van der Waals surface area contributed by atoms with Crippen LogP contribution < -0.4 is 5.32 Å². The summed E-state index contributed by atoms with van der Waals surface area (Å²) in [5.41, 5.74) is 1.55. The fourth-order valence-corrected chi connectivity index (χ4v) is 3.40. The van der Waals surface area contributed by atoms with Crippen LogP contribution in [0.25, 0.3) is 21.5 Å². The number of halogens is 3. The summed E-state index contributed by atoms with van der Waals surface area (Å²) < 4.78 is 40.8. The lowest BCUT2D eigenvalue weighted by atomic mass is 10.1. The van der Waals surface area contributed by atoms with Crippen molar-refractivity contribution in [1.82, 2.24) is 15.0 Å². The van der Waals surface area contributed by atoms with E-state index >= 15 is 0 Å². The molecule has 2 aromatic carbocycles. The maximum absolute atomic E-state index is 13.3. The van der Waals surface area contributed by atoms with Crippen molar-refractivity contribution in [3.63, 3.8) is 0 Å². The maximum atomic E-state index is 13.3. The minimum Gasteiger partial charge on any atom is -0.300 e. The van der Waals surface area contributed by atoms with Gasteiger partial charge in [-0.3, -0.25) is 5.32 Å². The third-order valence-electron chi connectivity index (χ3n) is 3.88. The van der Waals surface area contributed by atoms with Gasteiger partial charge in [0, 0.05) is 5.56 Å². The highest BCUT2D eigenvalue weighted by Crippen LogP contribution is 2.33. The van der Waals surface area contributed by atoms with Gasteiger partial charge in [-0.25, -0.2) is 15.0 Å². The van der Waals surface area contributed by atoms with Gasteiger partial charge in [0.25, 0.3) is 0 Å². The van der Waals surface area contributed by atoms with Gasteiger partial charge in [-0.1, -0.05) is 53.3 Å². The van der Waals surface area contributed by atoms with Crippen molar-refractivity contribution >= 4 is 32.6 Å². The van der Waals surface area contributed by atoms with Crippen molar-refractivity contribution in [2.24, 2.45) is 0 Å². The number of alkyl halides is 3. The van der Waals surface area contributed by atoms with Gasteiger partial charge in [0.15, 0.2) is 10.8 Å². The first-order valence-electron chi connectivity index (χ1n) is 8.04. The molecule has 0 unspecified atom stereocenters. The van der Waals surface area contributed by atoms with Crippen molar-refractivity contribution in [2.75, 3.05) is 5.32 Å². The molecular formula is C19H13F3N4S. The highest BCUT2D eigenvalue weighted by atomic mass is 32.1. The van der Waals surface area contributed by atoms with E-state index in [1.165, 1.54) is 11.3 Å². The lowest BCUT2D eigenvalue weighted by molar-refractivity contribution is -0.141. The summed E-state index contributed by atoms with van der Waals surface area (Å²) in [6.07, 6.45) is -4.58. The summed E-state index contributed by atoms with van der Waals surface area (Å²) in [4.78, 5) is 12.2. The van der Waals surface area contributed by atoms with Crippen LogP contribution in [0.1, 0.15) is 11.3 Å². The summed E-state index contributed by atoms with van der Waals surface area (Å²) in [5.74, 6) is -0.139. The van der Waals surface area contributed by atoms with Crippen molar-refractivity contribution in [3.05, 3.63) is 65.9 Å². The molecule has 0 atom stereocenters. The lowest BCUT2D eigenvalue weighted by Gasteiger charge is -2.11. The number of hydrogen-bond acceptors (Lipinski definition) is 5. The lowest BCUT2D eigenvalue weighted by Crippen LogP contribution is -2.11. The number of para-hydroxylation sites is 1. The summed E-state index contributed by atoms with van der Waals surface area (Å²) in [7, 11) is 0. The maximum Gasteiger partial charge on any atom is 0.433 e. The van der Waals surface area contributed by atoms with Gasteiger partial charge in [0.05, 0.1) is 15.9 Å². The summed E-state index contributed by atoms with van der Waals surface area (Å²) in [6, 6.07) is 15.5. The molecule has 4 rings (SSSR count). The van der Waals surface area contributed by atoms with E-state index in [2.05, 4.69) is 20.3 Å². The normalized spacial score (nSPS) is 11.7. The Labute approximate surface area is 156 Å². The Morgan fingerprint density at radius 1 is 0.926 bits per heavy atom. The molecule has 0 bridgehead atoms. The van der Waals surface area contributed by atoms with Gasteiger partial charge in [0.1, 0.15) is 0 Å². The highest BCUT2D eigenvalue weighted by molar-refractivity contribution is 7.22. The van der Waals surface area contributed by atoms with Crippen LogP contribution >= 0.6 is 11.3 Å². The van der Waals surface area contributed by atoms with Crippen LogP contribution in [0.4, 0.5) is 24.3 Å². The van der Waals surface area contributed by atoms with Gasteiger partial charge in [-0.05, 0) is 25.1 Å². The highest BCUT2D eigenvalue weighted by Gasteiger charge is 2.34. The molecule has 8 heteroatoms. The molecule has 2 heterocycles. The van der Waals surface area contributed by atoms with Crippen molar-refractivity contribution in [2.45, 2.75) is 13.1 Å². The quantitative estimate of drug-likeness (QED) is 0.482. The largest absolute Gasteiger partial charge is 0.433 e. The molecule has 0 saturated heterocycles. The Bertz CT molecular complexity index is 1070. The van der Waals surface area contributed by atoms with Gasteiger partial charge >= 0.3 is 6.18 Å². The van der Waals surface area contributed by atoms with E-state index in [0.29, 0.717) is 10.7 Å². The summed E-state index contributed by atoms with van der Waals surface area (Å²) >= 11 is 1.33. The van der Waals surface area contributed by atoms with Gasteiger partial charge < -0.3 is 0 Å². The Hall–Kier alpha value is -3.00. The molecule has 0 saturated carbocycles. The first kappa shape index (κ1) is 17.4. The fraction of sp³-hybridized carbons (Fsp3) is 0.105. The number of aromatic nitrogens is 3. The van der Waals surface area contributed by atoms with Crippen molar-refractivity contribution in [1.29, 1.82) is 0 Å². The minimum absolute atomic E-state index is 0.139. The zero-order valence-electron chi connectivity index (χ0n) is 14.1. The molecule has 4 aromatic rings. The molecule has 0 fully saturated rings. The molecule has 2 aromatic heterocycles. The van der Waals surface area contributed by atoms with Gasteiger partial charge in [0.2, 0.25) is 5.95 Å². The Morgan fingerprint density at radius 2 is 1.67 bits per heavy atom. The van der Waals surface area contributed by atoms with Gasteiger partial charge in [-0.2, -0.15) is 13.2 Å². The van der Waals surface area contributed by atoms with Crippen LogP contribution in [0.2, 0.25) is 0 Å². The third kappa shape index (κ3) is 3.75. The van der Waals surface area contributed by atoms with Crippen molar-refractivity contribution in [3.8, 4) is 11.3 Å². The number of rotatable bonds is 3. The molecule has 0 aliphatic heterocycles. The van der Waals surface area contributed by atoms with E-state index in [1.807, 2.05) is 43.3 Å². The summed E-state index contributed by atoms with van der Waals surface area (Å²) in [5, 5.41) is 3.25. The Morgan fingerprint density at radius 3 is 2.37 bits per heavy atom. The second kappa shape index (κ2) is 6.62. The Balaban J connectivity index is 1.76. The average Bonchev–Trinajstić information content (AvgIpc) is 3.03. The third-order valence-corrected chi connectivity index (χ3v) is 4.83.